The maximum Gasteiger partial charge on any atom is 0.228 e. The first kappa shape index (κ1) is 17.2. The number of nitrogens with one attached hydrogen (secondary N) is 1. The molecule has 1 amide bonds. The predicted octanol–water partition coefficient (Wildman–Crippen LogP) is 4.14. The SMILES string of the molecule is O=C(Nc1ccc2nc(N3CCOCC3)sc2c1)C1C2CC3CC(C2)CC1C3. The molecule has 4 bridgehead atoms. The summed E-state index contributed by atoms with van der Waals surface area (Å²) in [6, 6.07) is 6.16. The van der Waals surface area contributed by atoms with Crippen LogP contribution in [0.1, 0.15) is 32.1 Å². The molecule has 7 rings (SSSR count). The van der Waals surface area contributed by atoms with E-state index >= 15 is 0 Å². The Labute approximate surface area is 169 Å². The summed E-state index contributed by atoms with van der Waals surface area (Å²) in [7, 11) is 0. The van der Waals surface area contributed by atoms with Gasteiger partial charge in [-0.1, -0.05) is 11.3 Å². The molecule has 0 atom stereocenters. The van der Waals surface area contributed by atoms with Crippen LogP contribution in [0.15, 0.2) is 18.2 Å². The quantitative estimate of drug-likeness (QED) is 0.846. The van der Waals surface area contributed by atoms with Crippen molar-refractivity contribution < 1.29 is 9.53 Å². The van der Waals surface area contributed by atoms with Crippen LogP contribution < -0.4 is 10.2 Å². The third-order valence-electron chi connectivity index (χ3n) is 7.46. The van der Waals surface area contributed by atoms with E-state index in [-0.39, 0.29) is 11.8 Å². The molecule has 1 aromatic carbocycles. The molecule has 5 nitrogen and oxygen atoms in total. The number of amides is 1. The summed E-state index contributed by atoms with van der Waals surface area (Å²) in [6.07, 6.45) is 6.54. The van der Waals surface area contributed by atoms with E-state index in [0.717, 1.165) is 59.2 Å². The van der Waals surface area contributed by atoms with Gasteiger partial charge in [0.25, 0.3) is 0 Å². The van der Waals surface area contributed by atoms with Crippen molar-refractivity contribution in [1.82, 2.24) is 4.98 Å². The number of thiazole rings is 1. The molecule has 5 fully saturated rings. The van der Waals surface area contributed by atoms with E-state index in [4.69, 9.17) is 9.72 Å². The molecule has 1 N–H and O–H groups in total. The number of morpholine rings is 1. The monoisotopic (exact) mass is 397 g/mol. The first-order chi connectivity index (χ1) is 13.7. The third-order valence-corrected chi connectivity index (χ3v) is 8.53. The molecular formula is C22H27N3O2S. The van der Waals surface area contributed by atoms with Crippen LogP contribution in [0.25, 0.3) is 10.2 Å². The molecule has 1 aliphatic heterocycles. The number of nitrogens with zero attached hydrogens (tertiary/aromatic N) is 2. The average molecular weight is 398 g/mol. The number of ether oxygens (including phenoxy) is 1. The van der Waals surface area contributed by atoms with Gasteiger partial charge in [-0.05, 0) is 74.0 Å². The Kier molecular flexibility index (Phi) is 4.12. The van der Waals surface area contributed by atoms with Gasteiger partial charge < -0.3 is 15.0 Å². The van der Waals surface area contributed by atoms with Crippen molar-refractivity contribution in [3.8, 4) is 0 Å². The van der Waals surface area contributed by atoms with Crippen LogP contribution in [0.2, 0.25) is 0 Å². The second-order valence-electron chi connectivity index (χ2n) is 9.22. The van der Waals surface area contributed by atoms with Crippen LogP contribution in [0, 0.1) is 29.6 Å². The first-order valence-electron chi connectivity index (χ1n) is 10.8. The van der Waals surface area contributed by atoms with Gasteiger partial charge in [-0.3, -0.25) is 4.79 Å². The van der Waals surface area contributed by atoms with E-state index < -0.39 is 0 Å². The van der Waals surface area contributed by atoms with Gasteiger partial charge in [0.2, 0.25) is 5.91 Å². The molecule has 2 heterocycles. The minimum Gasteiger partial charge on any atom is -0.378 e. The topological polar surface area (TPSA) is 54.5 Å². The molecule has 1 saturated heterocycles. The molecule has 0 unspecified atom stereocenters. The maximum atomic E-state index is 13.1. The Morgan fingerprint density at radius 2 is 1.79 bits per heavy atom. The number of anilines is 2. The van der Waals surface area contributed by atoms with Crippen molar-refractivity contribution in [2.24, 2.45) is 29.6 Å². The standard InChI is InChI=1S/C22H27N3O2S/c26-21(20-15-8-13-7-14(10-15)11-16(20)9-13)23-17-1-2-18-19(12-17)28-22(24-18)25-3-5-27-6-4-25/h1-2,12-16,20H,3-11H2,(H,23,26). The lowest BCUT2D eigenvalue weighted by molar-refractivity contribution is -0.132. The van der Waals surface area contributed by atoms with Crippen molar-refractivity contribution in [1.29, 1.82) is 0 Å². The molecular weight excluding hydrogens is 370 g/mol. The summed E-state index contributed by atoms with van der Waals surface area (Å²) in [6.45, 7) is 3.33. The Hall–Kier alpha value is -1.66. The molecule has 4 saturated carbocycles. The lowest BCUT2D eigenvalue weighted by Crippen LogP contribution is -2.49. The van der Waals surface area contributed by atoms with E-state index in [1.165, 1.54) is 32.1 Å². The second kappa shape index (κ2) is 6.70. The summed E-state index contributed by atoms with van der Waals surface area (Å²) in [5.74, 6) is 3.53. The van der Waals surface area contributed by atoms with E-state index in [0.29, 0.717) is 11.8 Å². The number of rotatable bonds is 3. The number of aromatic nitrogens is 1. The average Bonchev–Trinajstić information content (AvgIpc) is 3.11. The molecule has 28 heavy (non-hydrogen) atoms. The smallest absolute Gasteiger partial charge is 0.228 e. The number of carbonyl (C=O) groups is 1. The van der Waals surface area contributed by atoms with Crippen molar-refractivity contribution in [2.75, 3.05) is 36.5 Å². The fourth-order valence-corrected chi connectivity index (χ4v) is 7.52. The number of carbonyl (C=O) groups excluding carboxylic acids is 1. The highest BCUT2D eigenvalue weighted by Crippen LogP contribution is 2.56. The van der Waals surface area contributed by atoms with Gasteiger partial charge in [0.05, 0.1) is 23.4 Å². The van der Waals surface area contributed by atoms with Crippen LogP contribution in [0.4, 0.5) is 10.8 Å². The number of benzene rings is 1. The Morgan fingerprint density at radius 1 is 1.07 bits per heavy atom. The zero-order valence-corrected chi connectivity index (χ0v) is 16.9. The summed E-state index contributed by atoms with van der Waals surface area (Å²) < 4.78 is 6.59. The molecule has 148 valence electrons. The van der Waals surface area contributed by atoms with E-state index in [2.05, 4.69) is 16.3 Å². The second-order valence-corrected chi connectivity index (χ2v) is 10.2. The number of hydrogen-bond donors (Lipinski definition) is 1. The number of hydrogen-bond acceptors (Lipinski definition) is 5. The van der Waals surface area contributed by atoms with Gasteiger partial charge in [-0.25, -0.2) is 4.98 Å². The van der Waals surface area contributed by atoms with Gasteiger partial charge in [0, 0.05) is 24.7 Å². The van der Waals surface area contributed by atoms with E-state index in [1.54, 1.807) is 11.3 Å². The third kappa shape index (κ3) is 2.92. The molecule has 5 aliphatic rings. The Balaban J connectivity index is 1.20. The normalized spacial score (nSPS) is 34.1. The van der Waals surface area contributed by atoms with Gasteiger partial charge in [-0.15, -0.1) is 0 Å². The van der Waals surface area contributed by atoms with Crippen LogP contribution in [-0.4, -0.2) is 37.2 Å². The lowest BCUT2D eigenvalue weighted by atomic mass is 9.51. The summed E-state index contributed by atoms with van der Waals surface area (Å²) >= 11 is 1.71. The maximum absolute atomic E-state index is 13.1. The van der Waals surface area contributed by atoms with Crippen LogP contribution >= 0.6 is 11.3 Å². The van der Waals surface area contributed by atoms with Crippen molar-refractivity contribution in [3.05, 3.63) is 18.2 Å². The first-order valence-corrected chi connectivity index (χ1v) is 11.6. The highest BCUT2D eigenvalue weighted by Gasteiger charge is 2.50. The summed E-state index contributed by atoms with van der Waals surface area (Å²) in [4.78, 5) is 20.2. The Morgan fingerprint density at radius 3 is 2.50 bits per heavy atom. The summed E-state index contributed by atoms with van der Waals surface area (Å²) in [5.41, 5.74) is 1.93. The van der Waals surface area contributed by atoms with E-state index in [9.17, 15) is 4.79 Å². The number of fused-ring (bicyclic) bond motifs is 1. The predicted molar refractivity (Wildman–Crippen MR) is 112 cm³/mol. The minimum absolute atomic E-state index is 0.230. The van der Waals surface area contributed by atoms with Gasteiger partial charge in [0.1, 0.15) is 0 Å². The van der Waals surface area contributed by atoms with Crippen molar-refractivity contribution in [2.45, 2.75) is 32.1 Å². The van der Waals surface area contributed by atoms with E-state index in [1.807, 2.05) is 12.1 Å². The lowest BCUT2D eigenvalue weighted by Gasteiger charge is -2.53. The van der Waals surface area contributed by atoms with Gasteiger partial charge >= 0.3 is 0 Å². The molecule has 1 aromatic heterocycles. The zero-order valence-electron chi connectivity index (χ0n) is 16.1. The van der Waals surface area contributed by atoms with Crippen molar-refractivity contribution >= 4 is 38.3 Å². The Bertz CT molecular complexity index is 876. The largest absolute Gasteiger partial charge is 0.378 e. The zero-order chi connectivity index (χ0) is 18.7. The van der Waals surface area contributed by atoms with Crippen LogP contribution in [0.5, 0.6) is 0 Å². The highest BCUT2D eigenvalue weighted by molar-refractivity contribution is 7.22. The van der Waals surface area contributed by atoms with Crippen molar-refractivity contribution in [3.63, 3.8) is 0 Å². The molecule has 0 spiro atoms. The summed E-state index contributed by atoms with van der Waals surface area (Å²) in [5, 5.41) is 4.32. The highest BCUT2D eigenvalue weighted by atomic mass is 32.1. The molecule has 0 radical (unpaired) electrons. The molecule has 6 heteroatoms. The minimum atomic E-state index is 0.230. The van der Waals surface area contributed by atoms with Crippen LogP contribution in [-0.2, 0) is 9.53 Å². The molecule has 2 aromatic rings. The fraction of sp³-hybridized carbons (Fsp3) is 0.636. The van der Waals surface area contributed by atoms with Gasteiger partial charge in [0.15, 0.2) is 5.13 Å². The fourth-order valence-electron chi connectivity index (χ4n) is 6.46. The molecule has 4 aliphatic carbocycles. The van der Waals surface area contributed by atoms with Crippen LogP contribution in [0.3, 0.4) is 0 Å². The van der Waals surface area contributed by atoms with Gasteiger partial charge in [-0.2, -0.15) is 0 Å².